The van der Waals surface area contributed by atoms with Crippen molar-refractivity contribution in [2.75, 3.05) is 13.1 Å². The Morgan fingerprint density at radius 1 is 0.829 bits per heavy atom. The van der Waals surface area contributed by atoms with E-state index >= 15 is 0 Å². The number of aromatic nitrogens is 2. The molecule has 0 saturated carbocycles. The molecule has 0 aliphatic heterocycles. The summed E-state index contributed by atoms with van der Waals surface area (Å²) in [5.74, 6) is 12.0. The molecular weight excluding hydrogens is 454 g/mol. The molecule has 0 atom stereocenters. The SMILES string of the molecule is Cc1ccc(S(=O)(=O)N(CC#Cc2ccccc2)CC#Cc2cn(Cc3ccccc3)cn2)cc1. The lowest BCUT2D eigenvalue weighted by Crippen LogP contribution is -2.32. The van der Waals surface area contributed by atoms with Crippen LogP contribution in [0.4, 0.5) is 0 Å². The molecule has 4 aromatic rings. The standard InChI is InChI=1S/C29H25N3O2S/c1-25-16-18-29(19-17-25)35(33,34)32(20-8-14-26-10-4-2-5-11-26)21-9-15-28-23-31(24-30-28)22-27-12-6-3-7-13-27/h2-7,10-13,16-19,23-24H,20-22H2,1H3. The van der Waals surface area contributed by atoms with Crippen molar-refractivity contribution in [3.63, 3.8) is 0 Å². The minimum Gasteiger partial charge on any atom is -0.332 e. The second kappa shape index (κ2) is 11.4. The Balaban J connectivity index is 1.51. The fourth-order valence-corrected chi connectivity index (χ4v) is 4.61. The largest absolute Gasteiger partial charge is 0.332 e. The van der Waals surface area contributed by atoms with E-state index in [1.807, 2.05) is 66.2 Å². The molecule has 4 rings (SSSR count). The van der Waals surface area contributed by atoms with Gasteiger partial charge in [0.1, 0.15) is 5.69 Å². The minimum atomic E-state index is -3.76. The van der Waals surface area contributed by atoms with Gasteiger partial charge in [0.15, 0.2) is 0 Å². The molecular formula is C29H25N3O2S. The number of imidazole rings is 1. The monoisotopic (exact) mass is 479 g/mol. The van der Waals surface area contributed by atoms with Crippen LogP contribution in [0, 0.1) is 30.6 Å². The summed E-state index contributed by atoms with van der Waals surface area (Å²) >= 11 is 0. The van der Waals surface area contributed by atoms with E-state index < -0.39 is 10.0 Å². The molecule has 5 nitrogen and oxygen atoms in total. The zero-order valence-electron chi connectivity index (χ0n) is 19.4. The van der Waals surface area contributed by atoms with Crippen molar-refractivity contribution < 1.29 is 8.42 Å². The zero-order chi connectivity index (χ0) is 24.5. The Kier molecular flexibility index (Phi) is 7.80. The Morgan fingerprint density at radius 3 is 2.14 bits per heavy atom. The zero-order valence-corrected chi connectivity index (χ0v) is 20.2. The van der Waals surface area contributed by atoms with Crippen LogP contribution in [0.1, 0.15) is 22.4 Å². The average molecular weight is 480 g/mol. The molecule has 0 unspecified atom stereocenters. The fourth-order valence-electron chi connectivity index (χ4n) is 3.36. The van der Waals surface area contributed by atoms with E-state index in [0.717, 1.165) is 16.7 Å². The first kappa shape index (κ1) is 24.0. The number of hydrogen-bond acceptors (Lipinski definition) is 3. The van der Waals surface area contributed by atoms with Crippen molar-refractivity contribution >= 4 is 10.0 Å². The van der Waals surface area contributed by atoms with Gasteiger partial charge in [-0.15, -0.1) is 0 Å². The normalized spacial score (nSPS) is 10.8. The molecule has 1 heterocycles. The van der Waals surface area contributed by atoms with Crippen LogP contribution in [0.5, 0.6) is 0 Å². The van der Waals surface area contributed by atoms with Gasteiger partial charge in [-0.25, -0.2) is 13.4 Å². The molecule has 0 radical (unpaired) electrons. The second-order valence-corrected chi connectivity index (χ2v) is 9.91. The van der Waals surface area contributed by atoms with E-state index in [1.54, 1.807) is 30.6 Å². The Hall–Kier alpha value is -4.10. The topological polar surface area (TPSA) is 55.2 Å². The molecule has 174 valence electrons. The van der Waals surface area contributed by atoms with Gasteiger partial charge in [0.2, 0.25) is 10.0 Å². The van der Waals surface area contributed by atoms with Crippen molar-refractivity contribution in [3.05, 3.63) is 120 Å². The molecule has 6 heteroatoms. The van der Waals surface area contributed by atoms with Gasteiger partial charge in [0, 0.05) is 18.3 Å². The summed E-state index contributed by atoms with van der Waals surface area (Å²) < 4.78 is 29.9. The van der Waals surface area contributed by atoms with Gasteiger partial charge < -0.3 is 4.57 Å². The van der Waals surface area contributed by atoms with Crippen LogP contribution in [0.2, 0.25) is 0 Å². The molecule has 0 spiro atoms. The van der Waals surface area contributed by atoms with Gasteiger partial charge in [-0.3, -0.25) is 0 Å². The minimum absolute atomic E-state index is 0.00518. The van der Waals surface area contributed by atoms with Crippen molar-refractivity contribution in [1.29, 1.82) is 0 Å². The Labute approximate surface area is 207 Å². The van der Waals surface area contributed by atoms with Crippen molar-refractivity contribution in [1.82, 2.24) is 13.9 Å². The van der Waals surface area contributed by atoms with E-state index in [-0.39, 0.29) is 18.0 Å². The van der Waals surface area contributed by atoms with E-state index in [9.17, 15) is 8.42 Å². The first-order chi connectivity index (χ1) is 17.0. The third-order valence-corrected chi connectivity index (χ3v) is 7.04. The molecule has 0 N–H and O–H groups in total. The van der Waals surface area contributed by atoms with E-state index in [0.29, 0.717) is 12.2 Å². The maximum absolute atomic E-state index is 13.3. The highest BCUT2D eigenvalue weighted by atomic mass is 32.2. The van der Waals surface area contributed by atoms with Gasteiger partial charge in [-0.2, -0.15) is 4.31 Å². The molecule has 0 amide bonds. The third kappa shape index (κ3) is 6.71. The Morgan fingerprint density at radius 2 is 1.46 bits per heavy atom. The van der Waals surface area contributed by atoms with Crippen LogP contribution in [0.25, 0.3) is 0 Å². The summed E-state index contributed by atoms with van der Waals surface area (Å²) in [6, 6.07) is 26.3. The van der Waals surface area contributed by atoms with Crippen LogP contribution in [0.15, 0.2) is 102 Å². The number of rotatable bonds is 6. The first-order valence-corrected chi connectivity index (χ1v) is 12.6. The molecule has 3 aromatic carbocycles. The lowest BCUT2D eigenvalue weighted by Gasteiger charge is -2.17. The van der Waals surface area contributed by atoms with Crippen LogP contribution >= 0.6 is 0 Å². The number of sulfonamides is 1. The Bertz CT molecular complexity index is 1490. The molecule has 0 aliphatic rings. The summed E-state index contributed by atoms with van der Waals surface area (Å²) in [5.41, 5.74) is 3.57. The van der Waals surface area contributed by atoms with Gasteiger partial charge in [0.05, 0.1) is 24.3 Å². The van der Waals surface area contributed by atoms with Crippen LogP contribution in [0.3, 0.4) is 0 Å². The molecule has 0 fully saturated rings. The van der Waals surface area contributed by atoms with E-state index in [2.05, 4.69) is 40.8 Å². The summed E-state index contributed by atoms with van der Waals surface area (Å²) in [5, 5.41) is 0. The van der Waals surface area contributed by atoms with Crippen molar-refractivity contribution in [2.24, 2.45) is 0 Å². The van der Waals surface area contributed by atoms with Gasteiger partial charge in [-0.1, -0.05) is 84.0 Å². The third-order valence-electron chi connectivity index (χ3n) is 5.23. The summed E-state index contributed by atoms with van der Waals surface area (Å²) in [6.45, 7) is 2.65. The molecule has 35 heavy (non-hydrogen) atoms. The molecule has 1 aromatic heterocycles. The van der Waals surface area contributed by atoms with Crippen LogP contribution in [-0.4, -0.2) is 35.4 Å². The number of nitrogens with zero attached hydrogens (tertiary/aromatic N) is 3. The van der Waals surface area contributed by atoms with E-state index in [4.69, 9.17) is 0 Å². The average Bonchev–Trinajstić information content (AvgIpc) is 3.31. The van der Waals surface area contributed by atoms with E-state index in [1.165, 1.54) is 4.31 Å². The maximum atomic E-state index is 13.3. The smallest absolute Gasteiger partial charge is 0.244 e. The lowest BCUT2D eigenvalue weighted by molar-refractivity contribution is 0.482. The fraction of sp³-hybridized carbons (Fsp3) is 0.138. The summed E-state index contributed by atoms with van der Waals surface area (Å²) in [4.78, 5) is 4.56. The highest BCUT2D eigenvalue weighted by Crippen LogP contribution is 2.16. The lowest BCUT2D eigenvalue weighted by atomic mass is 10.2. The number of aryl methyl sites for hydroxylation is 1. The predicted octanol–water partition coefficient (Wildman–Crippen LogP) is 4.33. The molecule has 0 aliphatic carbocycles. The number of hydrogen-bond donors (Lipinski definition) is 0. The van der Waals surface area contributed by atoms with Crippen LogP contribution in [-0.2, 0) is 16.6 Å². The highest BCUT2D eigenvalue weighted by Gasteiger charge is 2.22. The van der Waals surface area contributed by atoms with Crippen LogP contribution < -0.4 is 0 Å². The second-order valence-electron chi connectivity index (χ2n) is 7.97. The summed E-state index contributed by atoms with van der Waals surface area (Å²) in [6.07, 6.45) is 3.58. The van der Waals surface area contributed by atoms with Crippen molar-refractivity contribution in [3.8, 4) is 23.7 Å². The number of benzene rings is 3. The quantitative estimate of drug-likeness (QED) is 0.387. The maximum Gasteiger partial charge on any atom is 0.244 e. The highest BCUT2D eigenvalue weighted by molar-refractivity contribution is 7.89. The first-order valence-electron chi connectivity index (χ1n) is 11.2. The van der Waals surface area contributed by atoms with Gasteiger partial charge in [-0.05, 0) is 42.7 Å². The van der Waals surface area contributed by atoms with Crippen molar-refractivity contribution in [2.45, 2.75) is 18.4 Å². The van der Waals surface area contributed by atoms with Gasteiger partial charge in [0.25, 0.3) is 0 Å². The molecule has 0 saturated heterocycles. The molecule has 0 bridgehead atoms. The predicted molar refractivity (Wildman–Crippen MR) is 138 cm³/mol. The summed E-state index contributed by atoms with van der Waals surface area (Å²) in [7, 11) is -3.76. The van der Waals surface area contributed by atoms with Gasteiger partial charge >= 0.3 is 0 Å².